The van der Waals surface area contributed by atoms with Crippen LogP contribution in [0, 0.1) is 29.1 Å². The molecule has 0 aliphatic carbocycles. The molecule has 0 radical (unpaired) electrons. The van der Waals surface area contributed by atoms with E-state index < -0.39 is 53.7 Å². The molecule has 1 amide bonds. The van der Waals surface area contributed by atoms with Gasteiger partial charge in [-0.15, -0.1) is 0 Å². The average molecular weight is 474 g/mol. The Bertz CT molecular complexity index is 997. The number of Topliss-reactive ketones (excluding diaryl/α,β-unsaturated/α-hetero) is 1. The lowest BCUT2D eigenvalue weighted by Crippen LogP contribution is -2.46. The number of nitriles is 1. The number of fused-ring (bicyclic) bond motifs is 1. The first kappa shape index (κ1) is 25.3. The van der Waals surface area contributed by atoms with Gasteiger partial charge in [0.05, 0.1) is 17.5 Å². The molecule has 2 aliphatic rings. The molecule has 0 bridgehead atoms. The lowest BCUT2D eigenvalue weighted by molar-refractivity contribution is -0.151. The van der Waals surface area contributed by atoms with E-state index >= 15 is 0 Å². The summed E-state index contributed by atoms with van der Waals surface area (Å²) in [5, 5.41) is 11.7. The zero-order chi connectivity index (χ0) is 25.0. The first-order valence-electron chi connectivity index (χ1n) is 11.5. The van der Waals surface area contributed by atoms with E-state index in [1.807, 2.05) is 6.07 Å². The predicted molar refractivity (Wildman–Crippen MR) is 119 cm³/mol. The number of rotatable bonds is 1. The first-order chi connectivity index (χ1) is 16.0. The molecule has 2 fully saturated rings. The van der Waals surface area contributed by atoms with Crippen molar-refractivity contribution in [3.05, 3.63) is 24.0 Å². The summed E-state index contributed by atoms with van der Waals surface area (Å²) in [7, 11) is 0. The quantitative estimate of drug-likeness (QED) is 0.485. The zero-order valence-corrected chi connectivity index (χ0v) is 19.9. The molecule has 3 heterocycles. The number of cyclic esters (lactones) is 1. The van der Waals surface area contributed by atoms with E-state index in [9.17, 15) is 19.2 Å². The maximum absolute atomic E-state index is 13.3. The van der Waals surface area contributed by atoms with Crippen molar-refractivity contribution >= 4 is 23.9 Å². The Morgan fingerprint density at radius 2 is 2.00 bits per heavy atom. The molecule has 1 aromatic rings. The van der Waals surface area contributed by atoms with E-state index in [1.165, 1.54) is 23.0 Å². The van der Waals surface area contributed by atoms with Crippen LogP contribution in [0.3, 0.4) is 0 Å². The van der Waals surface area contributed by atoms with Crippen LogP contribution in [0.2, 0.25) is 0 Å². The van der Waals surface area contributed by atoms with Gasteiger partial charge in [-0.05, 0) is 38.7 Å². The third-order valence-electron chi connectivity index (χ3n) is 6.66. The van der Waals surface area contributed by atoms with E-state index in [4.69, 9.17) is 19.5 Å². The van der Waals surface area contributed by atoms with Gasteiger partial charge >= 0.3 is 18.2 Å². The number of ketones is 1. The minimum atomic E-state index is -0.995. The molecule has 184 valence electrons. The molecule has 1 N–H and O–H groups in total. The fourth-order valence-corrected chi connectivity index (χ4v) is 4.67. The van der Waals surface area contributed by atoms with Crippen LogP contribution in [0.25, 0.3) is 0 Å². The standard InChI is InChI=1S/C24H31N3O7/c1-14-6-5-8-24(4,34-23(31)27-9-7-17(11-25)12-27)10-15(2)20(28)16(3)19-18(13-32-21(14)29)33-22(30)26-19/h7,9,12,14-16,18-19H,5-6,8,10,13H2,1-4H3,(H,26,30)/t14-,15-,16-,18-,19-,24+/m1/s1. The van der Waals surface area contributed by atoms with Crippen molar-refractivity contribution in [2.75, 3.05) is 6.61 Å². The number of ether oxygens (including phenoxy) is 3. The van der Waals surface area contributed by atoms with E-state index in [1.54, 1.807) is 27.7 Å². The van der Waals surface area contributed by atoms with E-state index in [-0.39, 0.29) is 18.8 Å². The molecule has 3 rings (SSSR count). The number of hydrogen-bond donors (Lipinski definition) is 1. The Labute approximate surface area is 198 Å². The van der Waals surface area contributed by atoms with Crippen molar-refractivity contribution in [2.24, 2.45) is 17.8 Å². The number of aromatic nitrogens is 1. The fraction of sp³-hybridized carbons (Fsp3) is 0.625. The Kier molecular flexibility index (Phi) is 7.64. The highest BCUT2D eigenvalue weighted by Crippen LogP contribution is 2.32. The molecule has 10 nitrogen and oxygen atoms in total. The van der Waals surface area contributed by atoms with Crippen molar-refractivity contribution in [1.29, 1.82) is 5.26 Å². The molecule has 10 heteroatoms. The van der Waals surface area contributed by atoms with Gasteiger partial charge in [0.15, 0.2) is 6.10 Å². The lowest BCUT2D eigenvalue weighted by atomic mass is 9.80. The second-order valence-corrected chi connectivity index (χ2v) is 9.57. The van der Waals surface area contributed by atoms with Gasteiger partial charge in [-0.2, -0.15) is 5.26 Å². The summed E-state index contributed by atoms with van der Waals surface area (Å²) in [5.74, 6) is -2.01. The summed E-state index contributed by atoms with van der Waals surface area (Å²) < 4.78 is 17.7. The molecule has 2 saturated heterocycles. The van der Waals surface area contributed by atoms with Crippen molar-refractivity contribution in [2.45, 2.75) is 71.1 Å². The second-order valence-electron chi connectivity index (χ2n) is 9.57. The molecule has 2 aliphatic heterocycles. The topological polar surface area (TPSA) is 137 Å². The van der Waals surface area contributed by atoms with Crippen LogP contribution in [0.15, 0.2) is 18.5 Å². The van der Waals surface area contributed by atoms with Crippen LogP contribution in [0.5, 0.6) is 0 Å². The number of alkyl carbamates (subject to hydrolysis) is 1. The SMILES string of the molecule is C[C@@H]1CCC[C@](C)(OC(=O)n2ccc(C#N)c2)C[C@@H](C)C(=O)[C@H](C)[C@H]2NC(=O)O[C@@H]2COC1=O. The zero-order valence-electron chi connectivity index (χ0n) is 19.9. The largest absolute Gasteiger partial charge is 0.461 e. The molecule has 0 aromatic carbocycles. The third-order valence-corrected chi connectivity index (χ3v) is 6.66. The van der Waals surface area contributed by atoms with Crippen molar-refractivity contribution in [3.63, 3.8) is 0 Å². The number of esters is 1. The van der Waals surface area contributed by atoms with E-state index in [2.05, 4.69) is 5.32 Å². The fourth-order valence-electron chi connectivity index (χ4n) is 4.67. The predicted octanol–water partition coefficient (Wildman–Crippen LogP) is 3.17. The second kappa shape index (κ2) is 10.3. The van der Waals surface area contributed by atoms with Crippen molar-refractivity contribution < 1.29 is 33.4 Å². The molecule has 0 unspecified atom stereocenters. The highest BCUT2D eigenvalue weighted by atomic mass is 16.6. The molecule has 34 heavy (non-hydrogen) atoms. The van der Waals surface area contributed by atoms with Gasteiger partial charge in [0.2, 0.25) is 0 Å². The summed E-state index contributed by atoms with van der Waals surface area (Å²) in [6.45, 7) is 6.89. The van der Waals surface area contributed by atoms with Crippen molar-refractivity contribution in [3.8, 4) is 6.07 Å². The van der Waals surface area contributed by atoms with Gasteiger partial charge in [-0.1, -0.05) is 20.8 Å². The van der Waals surface area contributed by atoms with Crippen LogP contribution in [0.1, 0.15) is 58.9 Å². The summed E-state index contributed by atoms with van der Waals surface area (Å²) in [6, 6.07) is 2.84. The van der Waals surface area contributed by atoms with Gasteiger partial charge in [0.1, 0.15) is 24.1 Å². The number of hydrogen-bond acceptors (Lipinski definition) is 8. The summed E-state index contributed by atoms with van der Waals surface area (Å²) >= 11 is 0. The average Bonchev–Trinajstić information content (AvgIpc) is 3.42. The minimum absolute atomic E-state index is 0.116. The van der Waals surface area contributed by atoms with Gasteiger partial charge in [-0.25, -0.2) is 9.59 Å². The molecule has 0 saturated carbocycles. The maximum atomic E-state index is 13.3. The van der Waals surface area contributed by atoms with E-state index in [0.717, 1.165) is 0 Å². The van der Waals surface area contributed by atoms with E-state index in [0.29, 0.717) is 24.8 Å². The normalized spacial score (nSPS) is 32.9. The highest BCUT2D eigenvalue weighted by Gasteiger charge is 2.44. The monoisotopic (exact) mass is 473 g/mol. The molecule has 6 atom stereocenters. The molecular formula is C24H31N3O7. The minimum Gasteiger partial charge on any atom is -0.461 e. The van der Waals surface area contributed by atoms with Gasteiger partial charge < -0.3 is 19.5 Å². The Morgan fingerprint density at radius 3 is 2.68 bits per heavy atom. The molecule has 1 aromatic heterocycles. The number of carbonyl (C=O) groups excluding carboxylic acids is 4. The lowest BCUT2D eigenvalue weighted by Gasteiger charge is -2.34. The Morgan fingerprint density at radius 1 is 1.26 bits per heavy atom. The number of amides is 1. The van der Waals surface area contributed by atoms with Gasteiger partial charge in [0.25, 0.3) is 0 Å². The first-order valence-corrected chi connectivity index (χ1v) is 11.5. The van der Waals surface area contributed by atoms with Crippen LogP contribution in [-0.2, 0) is 23.8 Å². The molecule has 0 spiro atoms. The highest BCUT2D eigenvalue weighted by molar-refractivity contribution is 5.85. The van der Waals surface area contributed by atoms with Gasteiger partial charge in [-0.3, -0.25) is 14.2 Å². The van der Waals surface area contributed by atoms with Crippen LogP contribution < -0.4 is 5.32 Å². The number of nitrogens with one attached hydrogen (secondary N) is 1. The summed E-state index contributed by atoms with van der Waals surface area (Å²) in [5.41, 5.74) is -0.667. The smallest absolute Gasteiger partial charge is 0.418 e. The van der Waals surface area contributed by atoms with Crippen molar-refractivity contribution in [1.82, 2.24) is 9.88 Å². The maximum Gasteiger partial charge on any atom is 0.418 e. The summed E-state index contributed by atoms with van der Waals surface area (Å²) in [6.07, 6.45) is 2.52. The number of carbonyl (C=O) groups is 4. The summed E-state index contributed by atoms with van der Waals surface area (Å²) in [4.78, 5) is 50.3. The third kappa shape index (κ3) is 5.76. The van der Waals surface area contributed by atoms with Crippen LogP contribution in [-0.4, -0.2) is 52.9 Å². The molecular weight excluding hydrogens is 442 g/mol. The Hall–Kier alpha value is -3.35. The van der Waals surface area contributed by atoms with Crippen LogP contribution in [0.4, 0.5) is 9.59 Å². The number of nitrogens with zero attached hydrogens (tertiary/aromatic N) is 2. The Balaban J connectivity index is 1.83. The van der Waals surface area contributed by atoms with Gasteiger partial charge in [0, 0.05) is 24.2 Å². The van der Waals surface area contributed by atoms with Crippen LogP contribution >= 0.6 is 0 Å².